The van der Waals surface area contributed by atoms with Gasteiger partial charge in [-0.1, -0.05) is 42.5 Å². The van der Waals surface area contributed by atoms with Crippen LogP contribution in [0.4, 0.5) is 4.39 Å². The van der Waals surface area contributed by atoms with E-state index in [4.69, 9.17) is 4.74 Å². The van der Waals surface area contributed by atoms with Crippen LogP contribution in [-0.4, -0.2) is 35.0 Å². The van der Waals surface area contributed by atoms with E-state index in [0.29, 0.717) is 24.0 Å². The number of carbonyl (C=O) groups excluding carboxylic acids is 1. The van der Waals surface area contributed by atoms with Gasteiger partial charge in [-0.05, 0) is 54.3 Å². The standard InChI is InChI=1S/C25H22FNO4/c1-31-23-8-3-2-7-20(23)16-9-11-17(12-10-16)24(28)27-21(13-14-22(27)25(29)30)18-5-4-6-19(26)15-18/h2-12,15,21-22H,13-14H2,1H3,(H,29,30)/t21-,22+/m1/s1. The third-order valence-electron chi connectivity index (χ3n) is 5.69. The van der Waals surface area contributed by atoms with Crippen molar-refractivity contribution < 1.29 is 23.8 Å². The maximum Gasteiger partial charge on any atom is 0.326 e. The number of amides is 1. The quantitative estimate of drug-likeness (QED) is 0.637. The molecule has 1 aliphatic rings. The van der Waals surface area contributed by atoms with Crippen molar-refractivity contribution in [2.75, 3.05) is 7.11 Å². The number of hydrogen-bond donors (Lipinski definition) is 1. The second-order valence-corrected chi connectivity index (χ2v) is 7.49. The molecule has 0 unspecified atom stereocenters. The Balaban J connectivity index is 1.66. The van der Waals surface area contributed by atoms with Crippen LogP contribution in [0, 0.1) is 5.82 Å². The van der Waals surface area contributed by atoms with Crippen LogP contribution in [0.15, 0.2) is 72.8 Å². The van der Waals surface area contributed by atoms with Crippen molar-refractivity contribution in [1.29, 1.82) is 0 Å². The number of nitrogens with zero attached hydrogens (tertiary/aromatic N) is 1. The minimum absolute atomic E-state index is 0.321. The zero-order valence-corrected chi connectivity index (χ0v) is 17.0. The van der Waals surface area contributed by atoms with Crippen LogP contribution in [0.5, 0.6) is 5.75 Å². The number of rotatable bonds is 5. The second-order valence-electron chi connectivity index (χ2n) is 7.49. The molecule has 158 valence electrons. The van der Waals surface area contributed by atoms with Crippen LogP contribution in [0.1, 0.15) is 34.8 Å². The number of carboxylic acids is 1. The molecule has 6 heteroatoms. The van der Waals surface area contributed by atoms with Crippen LogP contribution in [0.3, 0.4) is 0 Å². The van der Waals surface area contributed by atoms with Gasteiger partial charge in [0, 0.05) is 11.1 Å². The molecule has 0 aromatic heterocycles. The van der Waals surface area contributed by atoms with Gasteiger partial charge in [0.15, 0.2) is 0 Å². The van der Waals surface area contributed by atoms with Crippen LogP contribution in [-0.2, 0) is 4.79 Å². The Morgan fingerprint density at radius 1 is 1.00 bits per heavy atom. The van der Waals surface area contributed by atoms with E-state index in [0.717, 1.165) is 16.9 Å². The van der Waals surface area contributed by atoms with E-state index in [9.17, 15) is 19.1 Å². The topological polar surface area (TPSA) is 66.8 Å². The van der Waals surface area contributed by atoms with Crippen molar-refractivity contribution >= 4 is 11.9 Å². The first-order valence-electron chi connectivity index (χ1n) is 10.0. The van der Waals surface area contributed by atoms with Crippen molar-refractivity contribution in [2.45, 2.75) is 24.9 Å². The fourth-order valence-electron chi connectivity index (χ4n) is 4.20. The average Bonchev–Trinajstić information content (AvgIpc) is 3.24. The highest BCUT2D eigenvalue weighted by Crippen LogP contribution is 2.38. The number of para-hydroxylation sites is 1. The molecule has 0 radical (unpaired) electrons. The van der Waals surface area contributed by atoms with E-state index in [2.05, 4.69) is 0 Å². The summed E-state index contributed by atoms with van der Waals surface area (Å²) in [5.74, 6) is -1.13. The SMILES string of the molecule is COc1ccccc1-c1ccc(C(=O)N2[C@@H](c3cccc(F)c3)CC[C@H]2C(=O)O)cc1. The van der Waals surface area contributed by atoms with E-state index in [1.165, 1.54) is 17.0 Å². The number of carboxylic acid groups (broad SMARTS) is 1. The Kier molecular flexibility index (Phi) is 5.71. The third kappa shape index (κ3) is 4.01. The fourth-order valence-corrected chi connectivity index (χ4v) is 4.20. The summed E-state index contributed by atoms with van der Waals surface area (Å²) in [6.07, 6.45) is 0.785. The highest BCUT2D eigenvalue weighted by Gasteiger charge is 2.42. The summed E-state index contributed by atoms with van der Waals surface area (Å²) >= 11 is 0. The summed E-state index contributed by atoms with van der Waals surface area (Å²) < 4.78 is 19.2. The number of carbonyl (C=O) groups is 2. The van der Waals surface area contributed by atoms with Crippen LogP contribution in [0.25, 0.3) is 11.1 Å². The molecule has 31 heavy (non-hydrogen) atoms. The molecule has 3 aromatic rings. The molecule has 1 fully saturated rings. The predicted molar refractivity (Wildman–Crippen MR) is 114 cm³/mol. The Morgan fingerprint density at radius 3 is 2.42 bits per heavy atom. The van der Waals surface area contributed by atoms with E-state index >= 15 is 0 Å². The predicted octanol–water partition coefficient (Wildman–Crippen LogP) is 4.93. The van der Waals surface area contributed by atoms with Gasteiger partial charge in [0.2, 0.25) is 0 Å². The molecular weight excluding hydrogens is 397 g/mol. The Labute approximate surface area is 179 Å². The lowest BCUT2D eigenvalue weighted by atomic mass is 10.0. The molecule has 1 heterocycles. The van der Waals surface area contributed by atoms with Gasteiger partial charge in [-0.25, -0.2) is 9.18 Å². The summed E-state index contributed by atoms with van der Waals surface area (Å²) in [4.78, 5) is 26.5. The minimum atomic E-state index is -1.06. The first kappa shape index (κ1) is 20.6. The summed E-state index contributed by atoms with van der Waals surface area (Å²) in [5, 5.41) is 9.67. The Bertz CT molecular complexity index is 1110. The molecule has 0 bridgehead atoms. The van der Waals surface area contributed by atoms with Gasteiger partial charge in [-0.15, -0.1) is 0 Å². The number of halogens is 1. The lowest BCUT2D eigenvalue weighted by Gasteiger charge is -2.29. The molecule has 4 rings (SSSR count). The minimum Gasteiger partial charge on any atom is -0.496 e. The lowest BCUT2D eigenvalue weighted by Crippen LogP contribution is -2.41. The van der Waals surface area contributed by atoms with Gasteiger partial charge in [0.1, 0.15) is 17.6 Å². The van der Waals surface area contributed by atoms with Gasteiger partial charge in [0.25, 0.3) is 5.91 Å². The molecular formula is C25H22FNO4. The molecule has 0 saturated carbocycles. The van der Waals surface area contributed by atoms with E-state index in [1.54, 1.807) is 31.4 Å². The molecule has 2 atom stereocenters. The number of methoxy groups -OCH3 is 1. The van der Waals surface area contributed by atoms with Gasteiger partial charge in [-0.3, -0.25) is 4.79 Å². The van der Waals surface area contributed by atoms with Crippen molar-refractivity contribution in [1.82, 2.24) is 4.90 Å². The van der Waals surface area contributed by atoms with Gasteiger partial charge in [-0.2, -0.15) is 0 Å². The van der Waals surface area contributed by atoms with Crippen LogP contribution in [0.2, 0.25) is 0 Å². The number of ether oxygens (including phenoxy) is 1. The number of benzene rings is 3. The molecule has 1 aliphatic heterocycles. The van der Waals surface area contributed by atoms with Crippen LogP contribution < -0.4 is 4.74 Å². The van der Waals surface area contributed by atoms with E-state index in [1.807, 2.05) is 36.4 Å². The van der Waals surface area contributed by atoms with Gasteiger partial charge < -0.3 is 14.7 Å². The highest BCUT2D eigenvalue weighted by molar-refractivity contribution is 5.97. The van der Waals surface area contributed by atoms with E-state index < -0.39 is 23.9 Å². The molecule has 1 saturated heterocycles. The first-order valence-corrected chi connectivity index (χ1v) is 10.0. The van der Waals surface area contributed by atoms with Crippen molar-refractivity contribution in [2.24, 2.45) is 0 Å². The monoisotopic (exact) mass is 419 g/mol. The summed E-state index contributed by atoms with van der Waals surface area (Å²) in [5.41, 5.74) is 2.76. The zero-order chi connectivity index (χ0) is 22.0. The second kappa shape index (κ2) is 8.60. The summed E-state index contributed by atoms with van der Waals surface area (Å²) in [6.45, 7) is 0. The largest absolute Gasteiger partial charge is 0.496 e. The summed E-state index contributed by atoms with van der Waals surface area (Å²) in [6, 6.07) is 19.1. The molecule has 3 aromatic carbocycles. The van der Waals surface area contributed by atoms with Crippen molar-refractivity contribution in [3.63, 3.8) is 0 Å². The normalized spacial score (nSPS) is 18.1. The number of likely N-dealkylation sites (tertiary alicyclic amines) is 1. The van der Waals surface area contributed by atoms with Crippen molar-refractivity contribution in [3.05, 3.63) is 89.7 Å². The average molecular weight is 419 g/mol. The fraction of sp³-hybridized carbons (Fsp3) is 0.200. The number of hydrogen-bond acceptors (Lipinski definition) is 3. The molecule has 5 nitrogen and oxygen atoms in total. The molecule has 0 spiro atoms. The Hall–Kier alpha value is -3.67. The van der Waals surface area contributed by atoms with Crippen LogP contribution >= 0.6 is 0 Å². The maximum atomic E-state index is 13.8. The van der Waals surface area contributed by atoms with Crippen molar-refractivity contribution in [3.8, 4) is 16.9 Å². The van der Waals surface area contributed by atoms with E-state index in [-0.39, 0.29) is 5.91 Å². The van der Waals surface area contributed by atoms with Gasteiger partial charge in [0.05, 0.1) is 13.2 Å². The van der Waals surface area contributed by atoms with Gasteiger partial charge >= 0.3 is 5.97 Å². The molecule has 1 N–H and O–H groups in total. The highest BCUT2D eigenvalue weighted by atomic mass is 19.1. The maximum absolute atomic E-state index is 13.8. The molecule has 0 aliphatic carbocycles. The summed E-state index contributed by atoms with van der Waals surface area (Å²) in [7, 11) is 1.60. The zero-order valence-electron chi connectivity index (χ0n) is 17.0. The first-order chi connectivity index (χ1) is 15.0. The Morgan fingerprint density at radius 2 is 1.74 bits per heavy atom. The third-order valence-corrected chi connectivity index (χ3v) is 5.69. The number of aliphatic carboxylic acids is 1. The molecule has 1 amide bonds. The smallest absolute Gasteiger partial charge is 0.326 e. The lowest BCUT2D eigenvalue weighted by molar-refractivity contribution is -0.141.